The Kier molecular flexibility index (Phi) is 4.09. The second kappa shape index (κ2) is 6.12. The van der Waals surface area contributed by atoms with Crippen molar-refractivity contribution >= 4 is 10.0 Å². The smallest absolute Gasteiger partial charge is 0.244 e. The standard InChI is InChI=1S/C18H23N3O2S/c19-11-16-5-6-18(12-20-16)24(22,23)21-7-1-2-17(21)10-15-9-13-3-4-14(15)8-13/h5-6,12-15,17H,1-4,7-10H2. The molecule has 0 N–H and O–H groups in total. The van der Waals surface area contributed by atoms with Crippen molar-refractivity contribution in [1.82, 2.24) is 9.29 Å². The van der Waals surface area contributed by atoms with Crippen molar-refractivity contribution in [1.29, 1.82) is 5.26 Å². The van der Waals surface area contributed by atoms with Crippen LogP contribution in [0.15, 0.2) is 23.2 Å². The van der Waals surface area contributed by atoms with E-state index in [9.17, 15) is 8.42 Å². The van der Waals surface area contributed by atoms with Gasteiger partial charge in [-0.3, -0.25) is 0 Å². The third-order valence-electron chi connectivity index (χ3n) is 6.24. The number of pyridine rings is 1. The summed E-state index contributed by atoms with van der Waals surface area (Å²) in [6.07, 6.45) is 9.63. The number of hydrogen-bond donors (Lipinski definition) is 0. The monoisotopic (exact) mass is 345 g/mol. The van der Waals surface area contributed by atoms with Gasteiger partial charge in [-0.15, -0.1) is 0 Å². The predicted octanol–water partition coefficient (Wildman–Crippen LogP) is 2.93. The second-order valence-electron chi connectivity index (χ2n) is 7.57. The summed E-state index contributed by atoms with van der Waals surface area (Å²) in [7, 11) is -3.51. The highest BCUT2D eigenvalue weighted by atomic mass is 32.2. The second-order valence-corrected chi connectivity index (χ2v) is 9.46. The molecule has 0 amide bonds. The zero-order chi connectivity index (χ0) is 16.7. The molecule has 3 aliphatic rings. The van der Waals surface area contributed by atoms with Crippen LogP contribution in [0.2, 0.25) is 0 Å². The van der Waals surface area contributed by atoms with Crippen LogP contribution in [0.25, 0.3) is 0 Å². The van der Waals surface area contributed by atoms with Crippen molar-refractivity contribution in [3.05, 3.63) is 24.0 Å². The van der Waals surface area contributed by atoms with Gasteiger partial charge >= 0.3 is 0 Å². The lowest BCUT2D eigenvalue weighted by molar-refractivity contribution is 0.251. The van der Waals surface area contributed by atoms with Crippen molar-refractivity contribution in [2.75, 3.05) is 6.54 Å². The van der Waals surface area contributed by atoms with Crippen LogP contribution in [0.3, 0.4) is 0 Å². The quantitative estimate of drug-likeness (QED) is 0.841. The molecule has 2 heterocycles. The van der Waals surface area contributed by atoms with Gasteiger partial charge in [0.1, 0.15) is 16.7 Å². The van der Waals surface area contributed by atoms with Crippen LogP contribution in [-0.4, -0.2) is 30.3 Å². The summed E-state index contributed by atoms with van der Waals surface area (Å²) in [5.74, 6) is 2.44. The van der Waals surface area contributed by atoms with E-state index >= 15 is 0 Å². The fraction of sp³-hybridized carbons (Fsp3) is 0.667. The molecule has 1 aliphatic heterocycles. The van der Waals surface area contributed by atoms with E-state index in [0.29, 0.717) is 12.5 Å². The Balaban J connectivity index is 1.51. The zero-order valence-electron chi connectivity index (χ0n) is 13.8. The Bertz CT molecular complexity index is 753. The van der Waals surface area contributed by atoms with Gasteiger partial charge in [0.05, 0.1) is 0 Å². The highest BCUT2D eigenvalue weighted by Crippen LogP contribution is 2.50. The van der Waals surface area contributed by atoms with Gasteiger partial charge in [0.2, 0.25) is 10.0 Å². The number of rotatable bonds is 4. The Morgan fingerprint density at radius 3 is 2.75 bits per heavy atom. The molecule has 0 aromatic carbocycles. The molecular formula is C18H23N3O2S. The van der Waals surface area contributed by atoms with Crippen LogP contribution < -0.4 is 0 Å². The van der Waals surface area contributed by atoms with Crippen molar-refractivity contribution in [3.63, 3.8) is 0 Å². The minimum absolute atomic E-state index is 0.134. The molecule has 4 unspecified atom stereocenters. The van der Waals surface area contributed by atoms with E-state index in [1.54, 1.807) is 4.31 Å². The molecule has 2 bridgehead atoms. The first-order chi connectivity index (χ1) is 11.6. The van der Waals surface area contributed by atoms with Gasteiger partial charge in [-0.05, 0) is 68.4 Å². The molecule has 1 aromatic heterocycles. The maximum Gasteiger partial charge on any atom is 0.244 e. The third kappa shape index (κ3) is 2.74. The van der Waals surface area contributed by atoms with E-state index in [4.69, 9.17) is 5.26 Å². The number of aromatic nitrogens is 1. The highest BCUT2D eigenvalue weighted by Gasteiger charge is 2.43. The number of nitrogens with zero attached hydrogens (tertiary/aromatic N) is 3. The first-order valence-corrected chi connectivity index (χ1v) is 10.4. The van der Waals surface area contributed by atoms with Crippen molar-refractivity contribution < 1.29 is 8.42 Å². The summed E-state index contributed by atoms with van der Waals surface area (Å²) in [5.41, 5.74) is 0.244. The third-order valence-corrected chi connectivity index (χ3v) is 8.18. The highest BCUT2D eigenvalue weighted by molar-refractivity contribution is 7.89. The van der Waals surface area contributed by atoms with Gasteiger partial charge in [0, 0.05) is 18.8 Å². The molecule has 2 aliphatic carbocycles. The molecule has 1 aromatic rings. The maximum atomic E-state index is 13.0. The number of hydrogen-bond acceptors (Lipinski definition) is 4. The molecule has 128 valence electrons. The van der Waals surface area contributed by atoms with E-state index in [0.717, 1.165) is 31.1 Å². The van der Waals surface area contributed by atoms with E-state index in [1.165, 1.54) is 44.0 Å². The molecule has 2 saturated carbocycles. The Labute approximate surface area is 143 Å². The fourth-order valence-electron chi connectivity index (χ4n) is 5.11. The largest absolute Gasteiger partial charge is 0.244 e. The molecule has 5 nitrogen and oxygen atoms in total. The summed E-state index contributed by atoms with van der Waals surface area (Å²) >= 11 is 0. The van der Waals surface area contributed by atoms with E-state index in [-0.39, 0.29) is 16.6 Å². The molecule has 4 atom stereocenters. The van der Waals surface area contributed by atoms with E-state index < -0.39 is 10.0 Å². The summed E-state index contributed by atoms with van der Waals surface area (Å²) < 4.78 is 27.7. The lowest BCUT2D eigenvalue weighted by Gasteiger charge is -2.29. The van der Waals surface area contributed by atoms with Gasteiger partial charge in [-0.2, -0.15) is 9.57 Å². The fourth-order valence-corrected chi connectivity index (χ4v) is 6.76. The van der Waals surface area contributed by atoms with E-state index in [1.807, 2.05) is 6.07 Å². The molecule has 1 saturated heterocycles. The van der Waals surface area contributed by atoms with Gasteiger partial charge in [0.15, 0.2) is 0 Å². The van der Waals surface area contributed by atoms with Crippen LogP contribution in [0.1, 0.15) is 50.6 Å². The number of sulfonamides is 1. The topological polar surface area (TPSA) is 74.1 Å². The van der Waals surface area contributed by atoms with Gasteiger partial charge in [0.25, 0.3) is 0 Å². The average Bonchev–Trinajstić information content (AvgIpc) is 3.32. The van der Waals surface area contributed by atoms with Crippen LogP contribution in [0, 0.1) is 29.1 Å². The maximum absolute atomic E-state index is 13.0. The summed E-state index contributed by atoms with van der Waals surface area (Å²) in [6, 6.07) is 5.05. The lowest BCUT2D eigenvalue weighted by Crippen LogP contribution is -2.37. The molecule has 6 heteroatoms. The molecular weight excluding hydrogens is 322 g/mol. The Morgan fingerprint density at radius 1 is 1.25 bits per heavy atom. The van der Waals surface area contributed by atoms with Crippen molar-refractivity contribution in [2.45, 2.75) is 55.9 Å². The van der Waals surface area contributed by atoms with Crippen LogP contribution >= 0.6 is 0 Å². The molecule has 0 spiro atoms. The summed E-state index contributed by atoms with van der Waals surface area (Å²) in [4.78, 5) is 4.14. The normalized spacial score (nSPS) is 33.0. The first-order valence-electron chi connectivity index (χ1n) is 8.96. The average molecular weight is 345 g/mol. The summed E-state index contributed by atoms with van der Waals surface area (Å²) in [6.45, 7) is 0.605. The van der Waals surface area contributed by atoms with Gasteiger partial charge in [-0.25, -0.2) is 13.4 Å². The van der Waals surface area contributed by atoms with Crippen molar-refractivity contribution in [3.8, 4) is 6.07 Å². The molecule has 4 rings (SSSR count). The van der Waals surface area contributed by atoms with E-state index in [2.05, 4.69) is 4.98 Å². The van der Waals surface area contributed by atoms with Crippen LogP contribution in [0.5, 0.6) is 0 Å². The molecule has 3 fully saturated rings. The predicted molar refractivity (Wildman–Crippen MR) is 89.4 cm³/mol. The lowest BCUT2D eigenvalue weighted by atomic mass is 9.84. The van der Waals surface area contributed by atoms with Crippen molar-refractivity contribution in [2.24, 2.45) is 17.8 Å². The zero-order valence-corrected chi connectivity index (χ0v) is 14.6. The minimum atomic E-state index is -3.51. The van der Waals surface area contributed by atoms with Gasteiger partial charge < -0.3 is 0 Å². The Morgan fingerprint density at radius 2 is 2.12 bits per heavy atom. The molecule has 0 radical (unpaired) electrons. The first kappa shape index (κ1) is 16.0. The minimum Gasteiger partial charge on any atom is -0.244 e. The molecule has 24 heavy (non-hydrogen) atoms. The summed E-state index contributed by atoms with van der Waals surface area (Å²) in [5, 5.41) is 8.82. The Hall–Kier alpha value is -1.45. The number of fused-ring (bicyclic) bond motifs is 2. The number of nitriles is 1. The van der Waals surface area contributed by atoms with Crippen LogP contribution in [0.4, 0.5) is 0 Å². The van der Waals surface area contributed by atoms with Crippen LogP contribution in [-0.2, 0) is 10.0 Å². The van der Waals surface area contributed by atoms with Gasteiger partial charge in [-0.1, -0.05) is 6.42 Å². The SMILES string of the molecule is N#Cc1ccc(S(=O)(=O)N2CCCC2CC2CC3CCC2C3)cn1.